The van der Waals surface area contributed by atoms with Gasteiger partial charge < -0.3 is 10.1 Å². The average molecular weight is 366 g/mol. The first-order valence-electron chi connectivity index (χ1n) is 9.44. The first kappa shape index (κ1) is 19.1. The Hall–Kier alpha value is -2.66. The Balaban J connectivity index is 1.62. The number of aryl methyl sites for hydroxylation is 1. The Labute approximate surface area is 160 Å². The lowest BCUT2D eigenvalue weighted by atomic mass is 10.1. The highest BCUT2D eigenvalue weighted by molar-refractivity contribution is 5.96. The van der Waals surface area contributed by atoms with Gasteiger partial charge >= 0.3 is 5.97 Å². The normalized spacial score (nSPS) is 16.9. The number of benzene rings is 2. The molecule has 0 bridgehead atoms. The van der Waals surface area contributed by atoms with Gasteiger partial charge in [-0.1, -0.05) is 29.8 Å². The SMILES string of the molecule is CCOC(=O)c1ccc(NC(=O)C2CCCN2Cc2cccc(C)c2)cc1. The maximum atomic E-state index is 12.8. The fourth-order valence-electron chi connectivity index (χ4n) is 3.49. The molecule has 5 heteroatoms. The van der Waals surface area contributed by atoms with E-state index >= 15 is 0 Å². The van der Waals surface area contributed by atoms with Gasteiger partial charge in [-0.15, -0.1) is 0 Å². The Kier molecular flexibility index (Phi) is 6.24. The predicted molar refractivity (Wildman–Crippen MR) is 106 cm³/mol. The molecule has 2 aromatic carbocycles. The number of carbonyl (C=O) groups excluding carboxylic acids is 2. The van der Waals surface area contributed by atoms with Crippen molar-refractivity contribution in [1.29, 1.82) is 0 Å². The van der Waals surface area contributed by atoms with Gasteiger partial charge in [-0.05, 0) is 63.1 Å². The minimum Gasteiger partial charge on any atom is -0.462 e. The van der Waals surface area contributed by atoms with Crippen molar-refractivity contribution in [2.24, 2.45) is 0 Å². The van der Waals surface area contributed by atoms with Crippen molar-refractivity contribution in [1.82, 2.24) is 4.90 Å². The monoisotopic (exact) mass is 366 g/mol. The molecule has 0 aliphatic carbocycles. The van der Waals surface area contributed by atoms with E-state index < -0.39 is 0 Å². The predicted octanol–water partition coefficient (Wildman–Crippen LogP) is 3.77. The molecule has 5 nitrogen and oxygen atoms in total. The first-order chi connectivity index (χ1) is 13.1. The van der Waals surface area contributed by atoms with E-state index in [0.717, 1.165) is 25.9 Å². The van der Waals surface area contributed by atoms with Crippen molar-refractivity contribution in [3.63, 3.8) is 0 Å². The molecule has 1 atom stereocenters. The second kappa shape index (κ2) is 8.82. The first-order valence-corrected chi connectivity index (χ1v) is 9.44. The van der Waals surface area contributed by atoms with Crippen LogP contribution in [-0.2, 0) is 16.1 Å². The van der Waals surface area contributed by atoms with Crippen LogP contribution in [-0.4, -0.2) is 36.0 Å². The van der Waals surface area contributed by atoms with E-state index in [-0.39, 0.29) is 17.9 Å². The maximum absolute atomic E-state index is 12.8. The highest BCUT2D eigenvalue weighted by atomic mass is 16.5. The highest BCUT2D eigenvalue weighted by Crippen LogP contribution is 2.22. The van der Waals surface area contributed by atoms with Crippen molar-refractivity contribution in [3.8, 4) is 0 Å². The summed E-state index contributed by atoms with van der Waals surface area (Å²) in [5, 5.41) is 2.98. The van der Waals surface area contributed by atoms with Crippen LogP contribution in [0, 0.1) is 6.92 Å². The zero-order valence-corrected chi connectivity index (χ0v) is 15.9. The van der Waals surface area contributed by atoms with E-state index in [1.807, 2.05) is 0 Å². The minimum absolute atomic E-state index is 0.00374. The molecular formula is C22H26N2O3. The van der Waals surface area contributed by atoms with E-state index in [1.165, 1.54) is 11.1 Å². The number of anilines is 1. The van der Waals surface area contributed by atoms with Crippen molar-refractivity contribution >= 4 is 17.6 Å². The topological polar surface area (TPSA) is 58.6 Å². The number of ether oxygens (including phenoxy) is 1. The van der Waals surface area contributed by atoms with E-state index in [2.05, 4.69) is 41.4 Å². The fourth-order valence-corrected chi connectivity index (χ4v) is 3.49. The van der Waals surface area contributed by atoms with Gasteiger partial charge in [0, 0.05) is 12.2 Å². The van der Waals surface area contributed by atoms with Gasteiger partial charge in [0.15, 0.2) is 0 Å². The second-order valence-electron chi connectivity index (χ2n) is 6.90. The molecule has 1 aliphatic heterocycles. The zero-order chi connectivity index (χ0) is 19.2. The standard InChI is InChI=1S/C22H26N2O3/c1-3-27-22(26)18-9-11-19(12-10-18)23-21(25)20-8-5-13-24(20)15-17-7-4-6-16(2)14-17/h4,6-7,9-12,14,20H,3,5,8,13,15H2,1-2H3,(H,23,25). The summed E-state index contributed by atoms with van der Waals surface area (Å²) in [7, 11) is 0. The van der Waals surface area contributed by atoms with Gasteiger partial charge in [0.1, 0.15) is 0 Å². The number of esters is 1. The lowest BCUT2D eigenvalue weighted by molar-refractivity contribution is -0.120. The number of hydrogen-bond acceptors (Lipinski definition) is 4. The van der Waals surface area contributed by atoms with Crippen LogP contribution in [0.15, 0.2) is 48.5 Å². The summed E-state index contributed by atoms with van der Waals surface area (Å²) in [4.78, 5) is 26.7. The molecule has 1 fully saturated rings. The molecule has 1 aliphatic rings. The summed E-state index contributed by atoms with van der Waals surface area (Å²) in [5.74, 6) is -0.348. The van der Waals surface area contributed by atoms with Crippen LogP contribution < -0.4 is 5.32 Å². The van der Waals surface area contributed by atoms with Crippen molar-refractivity contribution < 1.29 is 14.3 Å². The second-order valence-corrected chi connectivity index (χ2v) is 6.90. The lowest BCUT2D eigenvalue weighted by Gasteiger charge is -2.24. The number of carbonyl (C=O) groups is 2. The molecule has 142 valence electrons. The molecule has 1 amide bonds. The third-order valence-electron chi connectivity index (χ3n) is 4.80. The van der Waals surface area contributed by atoms with Gasteiger partial charge in [-0.2, -0.15) is 0 Å². The van der Waals surface area contributed by atoms with Crippen LogP contribution in [0.1, 0.15) is 41.3 Å². The van der Waals surface area contributed by atoms with Crippen LogP contribution in [0.4, 0.5) is 5.69 Å². The van der Waals surface area contributed by atoms with E-state index in [4.69, 9.17) is 4.74 Å². The molecule has 1 N–H and O–H groups in total. The molecule has 0 radical (unpaired) electrons. The Morgan fingerprint density at radius 2 is 1.96 bits per heavy atom. The zero-order valence-electron chi connectivity index (χ0n) is 15.9. The van der Waals surface area contributed by atoms with Gasteiger partial charge in [0.25, 0.3) is 0 Å². The van der Waals surface area contributed by atoms with Crippen molar-refractivity contribution in [2.75, 3.05) is 18.5 Å². The Morgan fingerprint density at radius 1 is 1.19 bits per heavy atom. The summed E-state index contributed by atoms with van der Waals surface area (Å²) in [6.07, 6.45) is 1.88. The molecule has 0 aromatic heterocycles. The van der Waals surface area contributed by atoms with Crippen molar-refractivity contribution in [3.05, 3.63) is 65.2 Å². The summed E-state index contributed by atoms with van der Waals surface area (Å²) in [6.45, 7) is 5.90. The number of nitrogens with one attached hydrogen (secondary N) is 1. The van der Waals surface area contributed by atoms with Crippen LogP contribution in [0.3, 0.4) is 0 Å². The highest BCUT2D eigenvalue weighted by Gasteiger charge is 2.30. The lowest BCUT2D eigenvalue weighted by Crippen LogP contribution is -2.39. The van der Waals surface area contributed by atoms with Crippen LogP contribution in [0.25, 0.3) is 0 Å². The molecule has 1 unspecified atom stereocenters. The number of rotatable bonds is 6. The molecule has 27 heavy (non-hydrogen) atoms. The molecule has 0 spiro atoms. The third-order valence-corrected chi connectivity index (χ3v) is 4.80. The third kappa shape index (κ3) is 4.95. The molecule has 1 heterocycles. The summed E-state index contributed by atoms with van der Waals surface area (Å²) in [6, 6.07) is 15.1. The summed E-state index contributed by atoms with van der Waals surface area (Å²) >= 11 is 0. The van der Waals surface area contributed by atoms with E-state index in [1.54, 1.807) is 31.2 Å². The Bertz CT molecular complexity index is 801. The number of amides is 1. The summed E-state index contributed by atoms with van der Waals surface area (Å²) in [5.41, 5.74) is 3.63. The van der Waals surface area contributed by atoms with Crippen molar-refractivity contribution in [2.45, 2.75) is 39.3 Å². The Morgan fingerprint density at radius 3 is 2.67 bits per heavy atom. The van der Waals surface area contributed by atoms with E-state index in [0.29, 0.717) is 17.9 Å². The van der Waals surface area contributed by atoms with Gasteiger partial charge in [-0.3, -0.25) is 9.69 Å². The smallest absolute Gasteiger partial charge is 0.338 e. The quantitative estimate of drug-likeness (QED) is 0.791. The molecule has 3 rings (SSSR count). The molecule has 0 saturated carbocycles. The molecular weight excluding hydrogens is 340 g/mol. The van der Waals surface area contributed by atoms with E-state index in [9.17, 15) is 9.59 Å². The van der Waals surface area contributed by atoms with Crippen LogP contribution >= 0.6 is 0 Å². The number of nitrogens with zero attached hydrogens (tertiary/aromatic N) is 1. The minimum atomic E-state index is -0.351. The van der Waals surface area contributed by atoms with Gasteiger partial charge in [-0.25, -0.2) is 4.79 Å². The average Bonchev–Trinajstić information content (AvgIpc) is 3.11. The molecule has 2 aromatic rings. The van der Waals surface area contributed by atoms with Crippen LogP contribution in [0.2, 0.25) is 0 Å². The fraction of sp³-hybridized carbons (Fsp3) is 0.364. The maximum Gasteiger partial charge on any atom is 0.338 e. The molecule has 1 saturated heterocycles. The van der Waals surface area contributed by atoms with Gasteiger partial charge in [0.2, 0.25) is 5.91 Å². The largest absolute Gasteiger partial charge is 0.462 e. The summed E-state index contributed by atoms with van der Waals surface area (Å²) < 4.78 is 4.98. The van der Waals surface area contributed by atoms with Crippen LogP contribution in [0.5, 0.6) is 0 Å². The number of likely N-dealkylation sites (tertiary alicyclic amines) is 1. The number of hydrogen-bond donors (Lipinski definition) is 1. The van der Waals surface area contributed by atoms with Gasteiger partial charge in [0.05, 0.1) is 18.2 Å².